The average Bonchev–Trinajstić information content (AvgIpc) is 3.33. The number of rotatable bonds is 3. The van der Waals surface area contributed by atoms with Gasteiger partial charge in [-0.3, -0.25) is 4.40 Å². The lowest BCUT2D eigenvalue weighted by Gasteiger charge is -2.28. The zero-order chi connectivity index (χ0) is 22.9. The molecule has 0 unspecified atom stereocenters. The van der Waals surface area contributed by atoms with Gasteiger partial charge in [0, 0.05) is 52.5 Å². The van der Waals surface area contributed by atoms with Crippen molar-refractivity contribution in [1.29, 1.82) is 0 Å². The second kappa shape index (κ2) is 8.98. The molecule has 0 spiro atoms. The fraction of sp³-hybridized carbons (Fsp3) is 0.455. The molecule has 5 rings (SSSR count). The van der Waals surface area contributed by atoms with Crippen molar-refractivity contribution in [1.82, 2.24) is 29.0 Å². The van der Waals surface area contributed by atoms with Gasteiger partial charge in [-0.25, -0.2) is 19.5 Å². The number of thiol groups is 2. The van der Waals surface area contributed by atoms with Crippen LogP contribution in [-0.2, 0) is 6.42 Å². The third-order valence-corrected chi connectivity index (χ3v) is 6.11. The summed E-state index contributed by atoms with van der Waals surface area (Å²) in [5, 5.41) is 4.22. The van der Waals surface area contributed by atoms with Crippen molar-refractivity contribution in [3.63, 3.8) is 0 Å². The highest BCUT2D eigenvalue weighted by Crippen LogP contribution is 2.34. The van der Waals surface area contributed by atoms with E-state index in [-0.39, 0.29) is 5.95 Å². The number of aromatic nitrogens is 6. The van der Waals surface area contributed by atoms with Gasteiger partial charge < -0.3 is 5.73 Å². The molecular formula is C22H28BN7S2. The summed E-state index contributed by atoms with van der Waals surface area (Å²) in [4.78, 5) is 12.8. The lowest BCUT2D eigenvalue weighted by Crippen LogP contribution is -2.19. The molecule has 4 aromatic rings. The van der Waals surface area contributed by atoms with Crippen molar-refractivity contribution < 1.29 is 0 Å². The SMILES string of the molecule is CC1(C)CCCCC1.[B]C(S)(S)Cc1nc(N)nn2ccc(-c3cnc4nccn4c3)c12. The molecule has 7 nitrogen and oxygen atoms in total. The molecule has 0 bridgehead atoms. The summed E-state index contributed by atoms with van der Waals surface area (Å²) in [5.41, 5.74) is 9.75. The standard InChI is InChI=1S/C14H12BN7S2.C8H16/c15-14(23,24)5-10-11-9(1-3-22(11)20-12(16)19-10)8-6-18-13-17-2-4-21(13)7-8;1-8(2)6-4-3-5-7-8/h1-4,6-7,23-24H,5H2,(H2,16,20);3-7H2,1-2H3. The molecular weight excluding hydrogens is 437 g/mol. The minimum Gasteiger partial charge on any atom is -0.367 e. The van der Waals surface area contributed by atoms with Crippen LogP contribution >= 0.6 is 25.3 Å². The van der Waals surface area contributed by atoms with Gasteiger partial charge in [-0.15, -0.1) is 5.10 Å². The van der Waals surface area contributed by atoms with E-state index in [0.717, 1.165) is 16.6 Å². The van der Waals surface area contributed by atoms with Gasteiger partial charge in [0.05, 0.1) is 11.2 Å². The molecule has 10 heteroatoms. The number of fused-ring (bicyclic) bond motifs is 2. The maximum absolute atomic E-state index is 5.92. The molecule has 1 saturated carbocycles. The van der Waals surface area contributed by atoms with Gasteiger partial charge in [0.2, 0.25) is 11.7 Å². The van der Waals surface area contributed by atoms with Gasteiger partial charge in [0.25, 0.3) is 0 Å². The van der Waals surface area contributed by atoms with Gasteiger partial charge >= 0.3 is 0 Å². The number of hydrogen-bond acceptors (Lipinski definition) is 7. The van der Waals surface area contributed by atoms with Crippen molar-refractivity contribution in [3.8, 4) is 11.1 Å². The molecule has 1 fully saturated rings. The van der Waals surface area contributed by atoms with E-state index in [9.17, 15) is 0 Å². The molecule has 1 aliphatic rings. The summed E-state index contributed by atoms with van der Waals surface area (Å²) in [5.74, 6) is 0.795. The summed E-state index contributed by atoms with van der Waals surface area (Å²) in [7, 11) is 5.92. The lowest BCUT2D eigenvalue weighted by molar-refractivity contribution is 0.244. The predicted octanol–water partition coefficient (Wildman–Crippen LogP) is 4.22. The van der Waals surface area contributed by atoms with Crippen LogP contribution in [0.3, 0.4) is 0 Å². The molecule has 0 saturated heterocycles. The van der Waals surface area contributed by atoms with Crippen LogP contribution in [0.1, 0.15) is 51.6 Å². The zero-order valence-electron chi connectivity index (χ0n) is 18.4. The van der Waals surface area contributed by atoms with Crippen LogP contribution in [0.25, 0.3) is 22.4 Å². The van der Waals surface area contributed by atoms with Crippen LogP contribution in [0.15, 0.2) is 37.1 Å². The first-order chi connectivity index (χ1) is 15.1. The van der Waals surface area contributed by atoms with E-state index in [1.54, 1.807) is 16.9 Å². The van der Waals surface area contributed by atoms with E-state index in [0.29, 0.717) is 23.3 Å². The molecule has 0 aliphatic heterocycles. The fourth-order valence-electron chi connectivity index (χ4n) is 4.18. The Balaban J connectivity index is 0.000000260. The van der Waals surface area contributed by atoms with Crippen molar-refractivity contribution in [2.75, 3.05) is 5.73 Å². The van der Waals surface area contributed by atoms with E-state index in [4.69, 9.17) is 13.6 Å². The number of nitrogens with zero attached hydrogens (tertiary/aromatic N) is 6. The molecule has 32 heavy (non-hydrogen) atoms. The third-order valence-electron chi connectivity index (χ3n) is 5.79. The lowest BCUT2D eigenvalue weighted by atomic mass is 9.78. The number of imidazole rings is 1. The maximum atomic E-state index is 5.92. The van der Waals surface area contributed by atoms with Crippen molar-refractivity contribution in [3.05, 3.63) is 42.7 Å². The summed E-state index contributed by atoms with van der Waals surface area (Å²) < 4.78 is 2.51. The van der Waals surface area contributed by atoms with Crippen LogP contribution in [0.2, 0.25) is 0 Å². The van der Waals surface area contributed by atoms with E-state index in [1.165, 1.54) is 32.1 Å². The maximum Gasteiger partial charge on any atom is 0.238 e. The number of hydrogen-bond donors (Lipinski definition) is 3. The molecule has 0 atom stereocenters. The minimum atomic E-state index is -1.02. The van der Waals surface area contributed by atoms with Crippen LogP contribution in [0.4, 0.5) is 5.95 Å². The van der Waals surface area contributed by atoms with Gasteiger partial charge in [0.15, 0.2) is 0 Å². The minimum absolute atomic E-state index is 0.161. The summed E-state index contributed by atoms with van der Waals surface area (Å²) >= 11 is 8.55. The molecule has 2 radical (unpaired) electrons. The van der Waals surface area contributed by atoms with Crippen LogP contribution < -0.4 is 5.73 Å². The number of nitrogen functional groups attached to an aromatic ring is 1. The predicted molar refractivity (Wildman–Crippen MR) is 136 cm³/mol. The highest BCUT2D eigenvalue weighted by atomic mass is 32.2. The molecule has 1 aliphatic carbocycles. The molecule has 4 aromatic heterocycles. The Kier molecular flexibility index (Phi) is 6.45. The number of nitrogens with two attached hydrogens (primary N) is 1. The Morgan fingerprint density at radius 1 is 1.16 bits per heavy atom. The third kappa shape index (κ3) is 5.40. The monoisotopic (exact) mass is 465 g/mol. The van der Waals surface area contributed by atoms with Crippen LogP contribution in [0.5, 0.6) is 0 Å². The molecule has 0 aromatic carbocycles. The Bertz CT molecular complexity index is 1220. The first-order valence-electron chi connectivity index (χ1n) is 10.8. The van der Waals surface area contributed by atoms with Crippen molar-refractivity contribution in [2.24, 2.45) is 5.41 Å². The van der Waals surface area contributed by atoms with Gasteiger partial charge in [-0.1, -0.05) is 33.1 Å². The molecule has 166 valence electrons. The number of anilines is 1. The fourth-order valence-corrected chi connectivity index (χ4v) is 4.48. The normalized spacial score (nSPS) is 16.1. The quantitative estimate of drug-likeness (QED) is 0.240. The zero-order valence-corrected chi connectivity index (χ0v) is 20.2. The molecule has 0 amide bonds. The average molecular weight is 465 g/mol. The van der Waals surface area contributed by atoms with Crippen molar-refractivity contribution in [2.45, 2.75) is 56.4 Å². The second-order valence-corrected chi connectivity index (χ2v) is 11.1. The van der Waals surface area contributed by atoms with E-state index < -0.39 is 3.98 Å². The Hall–Kier alpha value is -2.20. The Labute approximate surface area is 200 Å². The Morgan fingerprint density at radius 2 is 1.91 bits per heavy atom. The topological polar surface area (TPSA) is 86.4 Å². The summed E-state index contributed by atoms with van der Waals surface area (Å²) in [6, 6.07) is 1.93. The van der Waals surface area contributed by atoms with Gasteiger partial charge in [0.1, 0.15) is 7.85 Å². The highest BCUT2D eigenvalue weighted by Gasteiger charge is 2.21. The van der Waals surface area contributed by atoms with Crippen LogP contribution in [0, 0.1) is 5.41 Å². The summed E-state index contributed by atoms with van der Waals surface area (Å²) in [6.07, 6.45) is 16.7. The largest absolute Gasteiger partial charge is 0.367 e. The van der Waals surface area contributed by atoms with Gasteiger partial charge in [-0.2, -0.15) is 25.3 Å². The Morgan fingerprint density at radius 3 is 2.56 bits per heavy atom. The molecule has 4 heterocycles. The van der Waals surface area contributed by atoms with Gasteiger partial charge in [-0.05, 0) is 24.3 Å². The highest BCUT2D eigenvalue weighted by molar-refractivity contribution is 8.02. The smallest absolute Gasteiger partial charge is 0.238 e. The first-order valence-corrected chi connectivity index (χ1v) is 11.7. The molecule has 2 N–H and O–H groups in total. The van der Waals surface area contributed by atoms with Crippen molar-refractivity contribution >= 4 is 50.3 Å². The van der Waals surface area contributed by atoms with E-state index >= 15 is 0 Å². The van der Waals surface area contributed by atoms with Crippen LogP contribution in [-0.4, -0.2) is 40.8 Å². The van der Waals surface area contributed by atoms with E-state index in [1.807, 2.05) is 29.1 Å². The van der Waals surface area contributed by atoms with E-state index in [2.05, 4.69) is 59.2 Å². The second-order valence-electron chi connectivity index (χ2n) is 9.20. The first kappa shape index (κ1) is 23.0. The summed E-state index contributed by atoms with van der Waals surface area (Å²) in [6.45, 7) is 4.76.